The number of halogens is 1. The molecule has 0 aromatic heterocycles. The highest BCUT2D eigenvalue weighted by Gasteiger charge is 2.14. The monoisotopic (exact) mass is 405 g/mol. The van der Waals surface area contributed by atoms with Crippen molar-refractivity contribution in [1.82, 2.24) is 0 Å². The molecule has 30 heavy (non-hydrogen) atoms. The lowest BCUT2D eigenvalue weighted by Gasteiger charge is -2.18. The second kappa shape index (κ2) is 10.5. The molecule has 0 aliphatic heterocycles. The molecular weight excluding hydrogens is 377 g/mol. The van der Waals surface area contributed by atoms with Crippen molar-refractivity contribution in [3.05, 3.63) is 101 Å². The van der Waals surface area contributed by atoms with Gasteiger partial charge in [-0.25, -0.2) is 4.39 Å². The van der Waals surface area contributed by atoms with Crippen LogP contribution in [0.1, 0.15) is 29.2 Å². The number of hydrogen-bond acceptors (Lipinski definition) is 3. The molecule has 0 saturated carbocycles. The van der Waals surface area contributed by atoms with Crippen molar-refractivity contribution < 1.29 is 13.9 Å². The lowest BCUT2D eigenvalue weighted by Crippen LogP contribution is -2.06. The van der Waals surface area contributed by atoms with E-state index in [0.717, 1.165) is 22.4 Å². The summed E-state index contributed by atoms with van der Waals surface area (Å²) in [5.41, 5.74) is 5.16. The van der Waals surface area contributed by atoms with Crippen molar-refractivity contribution in [3.8, 4) is 11.5 Å². The zero-order valence-electron chi connectivity index (χ0n) is 17.6. The van der Waals surface area contributed by atoms with E-state index in [1.54, 1.807) is 6.07 Å². The summed E-state index contributed by atoms with van der Waals surface area (Å²) < 4.78 is 25.5. The number of ether oxygens (including phenoxy) is 2. The number of nitrogens with one attached hydrogen (secondary N) is 1. The summed E-state index contributed by atoms with van der Waals surface area (Å²) in [7, 11) is 0. The molecule has 0 bridgehead atoms. The summed E-state index contributed by atoms with van der Waals surface area (Å²) in [6.07, 6.45) is 2.50. The Hall–Kier alpha value is -3.27. The third-order valence-corrected chi connectivity index (χ3v) is 4.76. The summed E-state index contributed by atoms with van der Waals surface area (Å²) in [6.45, 7) is 9.36. The van der Waals surface area contributed by atoms with E-state index in [1.807, 2.05) is 37.3 Å². The van der Waals surface area contributed by atoms with Crippen LogP contribution in [0.3, 0.4) is 0 Å². The maximum absolute atomic E-state index is 13.5. The van der Waals surface area contributed by atoms with E-state index in [0.29, 0.717) is 31.1 Å². The van der Waals surface area contributed by atoms with Gasteiger partial charge in [0.2, 0.25) is 0 Å². The third-order valence-electron chi connectivity index (χ3n) is 4.76. The topological polar surface area (TPSA) is 30.5 Å². The van der Waals surface area contributed by atoms with Crippen molar-refractivity contribution in [2.45, 2.75) is 33.4 Å². The first-order valence-corrected chi connectivity index (χ1v) is 10.2. The minimum absolute atomic E-state index is 0.267. The molecule has 1 N–H and O–H groups in total. The van der Waals surface area contributed by atoms with Gasteiger partial charge in [0.25, 0.3) is 0 Å². The Morgan fingerprint density at radius 2 is 1.83 bits per heavy atom. The van der Waals surface area contributed by atoms with E-state index in [-0.39, 0.29) is 12.4 Å². The van der Waals surface area contributed by atoms with Gasteiger partial charge in [-0.1, -0.05) is 36.4 Å². The number of benzene rings is 3. The fraction of sp³-hybridized carbons (Fsp3) is 0.231. The Morgan fingerprint density at radius 1 is 1.00 bits per heavy atom. The van der Waals surface area contributed by atoms with Crippen LogP contribution in [-0.4, -0.2) is 6.61 Å². The molecule has 3 nitrogen and oxygen atoms in total. The molecule has 3 aromatic rings. The van der Waals surface area contributed by atoms with Gasteiger partial charge < -0.3 is 14.8 Å². The summed E-state index contributed by atoms with van der Waals surface area (Å²) >= 11 is 0. The Kier molecular flexibility index (Phi) is 7.50. The third kappa shape index (κ3) is 5.63. The average molecular weight is 406 g/mol. The molecular formula is C26H28FNO2. The largest absolute Gasteiger partial charge is 0.490 e. The predicted molar refractivity (Wildman–Crippen MR) is 121 cm³/mol. The minimum Gasteiger partial charge on any atom is -0.490 e. The molecule has 0 saturated heterocycles. The summed E-state index contributed by atoms with van der Waals surface area (Å²) in [5, 5.41) is 3.49. The van der Waals surface area contributed by atoms with Crippen LogP contribution in [0.15, 0.2) is 73.3 Å². The van der Waals surface area contributed by atoms with Crippen molar-refractivity contribution in [1.29, 1.82) is 0 Å². The second-order valence-electron chi connectivity index (χ2n) is 7.10. The summed E-state index contributed by atoms with van der Waals surface area (Å²) in [4.78, 5) is 0. The highest BCUT2D eigenvalue weighted by molar-refractivity contribution is 5.53. The highest BCUT2D eigenvalue weighted by Crippen LogP contribution is 2.35. The van der Waals surface area contributed by atoms with Crippen LogP contribution in [0.4, 0.5) is 10.1 Å². The molecule has 3 aromatic carbocycles. The maximum Gasteiger partial charge on any atom is 0.165 e. The first-order chi connectivity index (χ1) is 14.6. The molecule has 0 aliphatic carbocycles. The van der Waals surface area contributed by atoms with Crippen LogP contribution in [0, 0.1) is 12.7 Å². The first kappa shape index (κ1) is 21.4. The fourth-order valence-electron chi connectivity index (χ4n) is 3.31. The lowest BCUT2D eigenvalue weighted by atomic mass is 10.0. The minimum atomic E-state index is -0.273. The Bertz CT molecular complexity index is 1000. The highest BCUT2D eigenvalue weighted by atomic mass is 19.1. The Morgan fingerprint density at radius 3 is 2.57 bits per heavy atom. The molecule has 0 spiro atoms. The summed E-state index contributed by atoms with van der Waals surface area (Å²) in [5.74, 6) is 1.10. The van der Waals surface area contributed by atoms with Gasteiger partial charge >= 0.3 is 0 Å². The van der Waals surface area contributed by atoms with E-state index < -0.39 is 0 Å². The number of aryl methyl sites for hydroxylation is 1. The van der Waals surface area contributed by atoms with Crippen molar-refractivity contribution in [2.24, 2.45) is 0 Å². The Labute approximate surface area is 178 Å². The average Bonchev–Trinajstić information content (AvgIpc) is 2.73. The molecule has 0 radical (unpaired) electrons. The normalized spacial score (nSPS) is 10.5. The number of hydrogen-bond donors (Lipinski definition) is 1. The first-order valence-electron chi connectivity index (χ1n) is 10.2. The Balaban J connectivity index is 1.85. The van der Waals surface area contributed by atoms with E-state index in [1.165, 1.54) is 17.7 Å². The van der Waals surface area contributed by atoms with Crippen molar-refractivity contribution in [3.63, 3.8) is 0 Å². The van der Waals surface area contributed by atoms with Gasteiger partial charge in [0.05, 0.1) is 6.61 Å². The molecule has 0 atom stereocenters. The summed E-state index contributed by atoms with van der Waals surface area (Å²) in [6, 6.07) is 18.7. The zero-order valence-corrected chi connectivity index (χ0v) is 17.6. The van der Waals surface area contributed by atoms with Gasteiger partial charge in [0, 0.05) is 17.8 Å². The van der Waals surface area contributed by atoms with Gasteiger partial charge in [-0.3, -0.25) is 0 Å². The molecule has 4 heteroatoms. The quantitative estimate of drug-likeness (QED) is 0.393. The van der Waals surface area contributed by atoms with Crippen LogP contribution in [0.5, 0.6) is 11.5 Å². The van der Waals surface area contributed by atoms with E-state index >= 15 is 0 Å². The molecule has 156 valence electrons. The standard InChI is InChI=1S/C26H28FNO2/c1-4-9-22-14-21(17-28-24-13-7-6-10-19(24)3)16-25(29-5-2)26(22)30-18-20-11-8-12-23(27)15-20/h4,6-8,10-16,28H,1,5,9,17-18H2,2-3H3. The lowest BCUT2D eigenvalue weighted by molar-refractivity contribution is 0.266. The van der Waals surface area contributed by atoms with E-state index in [9.17, 15) is 4.39 Å². The van der Waals surface area contributed by atoms with Crippen LogP contribution in [0.2, 0.25) is 0 Å². The molecule has 0 unspecified atom stereocenters. The maximum atomic E-state index is 13.5. The van der Waals surface area contributed by atoms with Crippen molar-refractivity contribution in [2.75, 3.05) is 11.9 Å². The SMILES string of the molecule is C=CCc1cc(CNc2ccccc2C)cc(OCC)c1OCc1cccc(F)c1. The van der Waals surface area contributed by atoms with Crippen LogP contribution in [0.25, 0.3) is 0 Å². The van der Waals surface area contributed by atoms with E-state index in [2.05, 4.69) is 37.0 Å². The number of para-hydroxylation sites is 1. The van der Waals surface area contributed by atoms with Crippen LogP contribution < -0.4 is 14.8 Å². The van der Waals surface area contributed by atoms with Gasteiger partial charge in [-0.2, -0.15) is 0 Å². The second-order valence-corrected chi connectivity index (χ2v) is 7.10. The van der Waals surface area contributed by atoms with Crippen LogP contribution >= 0.6 is 0 Å². The smallest absolute Gasteiger partial charge is 0.165 e. The molecule has 0 amide bonds. The van der Waals surface area contributed by atoms with Gasteiger partial charge in [-0.05, 0) is 67.3 Å². The van der Waals surface area contributed by atoms with Gasteiger partial charge in [-0.15, -0.1) is 6.58 Å². The van der Waals surface area contributed by atoms with Crippen LogP contribution in [-0.2, 0) is 19.6 Å². The molecule has 0 fully saturated rings. The zero-order chi connectivity index (χ0) is 21.3. The number of rotatable bonds is 10. The van der Waals surface area contributed by atoms with Gasteiger partial charge in [0.15, 0.2) is 11.5 Å². The van der Waals surface area contributed by atoms with Gasteiger partial charge in [0.1, 0.15) is 12.4 Å². The molecule has 0 aliphatic rings. The fourth-order valence-corrected chi connectivity index (χ4v) is 3.31. The molecule has 3 rings (SSSR count). The number of anilines is 1. The predicted octanol–water partition coefficient (Wildman–Crippen LogP) is 6.45. The number of allylic oxidation sites excluding steroid dienone is 1. The van der Waals surface area contributed by atoms with Crippen molar-refractivity contribution >= 4 is 5.69 Å². The molecule has 0 heterocycles. The van der Waals surface area contributed by atoms with E-state index in [4.69, 9.17) is 9.47 Å².